The molecule has 3 aromatic carbocycles. The molecule has 0 atom stereocenters. The van der Waals surface area contributed by atoms with Gasteiger partial charge in [-0.3, -0.25) is 14.5 Å². The lowest BCUT2D eigenvalue weighted by Crippen LogP contribution is -2.51. The molecule has 1 aliphatic carbocycles. The van der Waals surface area contributed by atoms with E-state index in [4.69, 9.17) is 0 Å². The number of hydrazine groups is 1. The van der Waals surface area contributed by atoms with Crippen LogP contribution in [0.1, 0.15) is 46.3 Å². The predicted molar refractivity (Wildman–Crippen MR) is 135 cm³/mol. The Morgan fingerprint density at radius 1 is 1.00 bits per heavy atom. The number of hydrogen-bond donors (Lipinski definition) is 1. The minimum Gasteiger partial charge on any atom is -0.284 e. The van der Waals surface area contributed by atoms with Crippen LogP contribution in [0.5, 0.6) is 0 Å². The summed E-state index contributed by atoms with van der Waals surface area (Å²) in [4.78, 5) is 13.6. The van der Waals surface area contributed by atoms with Crippen LogP contribution in [0, 0.1) is 6.92 Å². The van der Waals surface area contributed by atoms with Crippen molar-refractivity contribution in [1.82, 2.24) is 10.0 Å². The Morgan fingerprint density at radius 2 is 1.76 bits per heavy atom. The van der Waals surface area contributed by atoms with E-state index in [0.29, 0.717) is 18.3 Å². The monoisotopic (exact) mass is 475 g/mol. The van der Waals surface area contributed by atoms with E-state index in [-0.39, 0.29) is 5.91 Å². The van der Waals surface area contributed by atoms with Gasteiger partial charge in [-0.15, -0.1) is 0 Å². The van der Waals surface area contributed by atoms with E-state index in [0.717, 1.165) is 53.5 Å². The summed E-state index contributed by atoms with van der Waals surface area (Å²) in [6, 6.07) is 22.1. The predicted octanol–water partition coefficient (Wildman–Crippen LogP) is 4.96. The van der Waals surface area contributed by atoms with Gasteiger partial charge in [0.2, 0.25) is 10.0 Å². The summed E-state index contributed by atoms with van der Waals surface area (Å²) in [5, 5.41) is 4.19. The number of aryl methyl sites for hydroxylation is 1. The second kappa shape index (κ2) is 8.89. The molecule has 1 aliphatic heterocycles. The maximum absolute atomic E-state index is 13.6. The summed E-state index contributed by atoms with van der Waals surface area (Å²) in [5.74, 6) is 0.0642. The zero-order chi connectivity index (χ0) is 23.9. The van der Waals surface area contributed by atoms with E-state index in [1.807, 2.05) is 54.4 Å². The summed E-state index contributed by atoms with van der Waals surface area (Å²) in [5.41, 5.74) is 6.34. The van der Waals surface area contributed by atoms with Crippen LogP contribution in [-0.2, 0) is 23.1 Å². The van der Waals surface area contributed by atoms with Crippen molar-refractivity contribution < 1.29 is 13.2 Å². The molecule has 1 amide bonds. The molecule has 1 saturated carbocycles. The van der Waals surface area contributed by atoms with Crippen molar-refractivity contribution >= 4 is 21.6 Å². The third-order valence-corrected chi connectivity index (χ3v) is 7.28. The summed E-state index contributed by atoms with van der Waals surface area (Å²) < 4.78 is 25.8. The quantitative estimate of drug-likeness (QED) is 0.524. The number of fused-ring (bicyclic) bond motifs is 1. The smallest absolute Gasteiger partial charge is 0.269 e. The molecular weight excluding hydrogens is 446 g/mol. The van der Waals surface area contributed by atoms with Gasteiger partial charge in [-0.05, 0) is 65.8 Å². The number of rotatable bonds is 7. The van der Waals surface area contributed by atoms with Crippen LogP contribution < -0.4 is 4.72 Å². The zero-order valence-electron chi connectivity index (χ0n) is 19.5. The number of nitrogens with zero attached hydrogens (tertiary/aromatic N) is 2. The minimum absolute atomic E-state index is 0.0642. The van der Waals surface area contributed by atoms with Gasteiger partial charge in [0.15, 0.2) is 0 Å². The lowest BCUT2D eigenvalue weighted by molar-refractivity contribution is -0.0672. The first kappa shape index (κ1) is 22.6. The van der Waals surface area contributed by atoms with Crippen LogP contribution >= 0.6 is 0 Å². The Morgan fingerprint density at radius 3 is 2.44 bits per heavy atom. The molecule has 2 aliphatic rings. The Labute approximate surface area is 201 Å². The zero-order valence-corrected chi connectivity index (χ0v) is 20.3. The molecule has 34 heavy (non-hydrogen) atoms. The van der Waals surface area contributed by atoms with Gasteiger partial charge in [-0.2, -0.15) is 0 Å². The van der Waals surface area contributed by atoms with Crippen LogP contribution in [0.15, 0.2) is 66.7 Å². The maximum Gasteiger partial charge on any atom is 0.269 e. The number of benzene rings is 3. The SMILES string of the molecule is Cc1cc(-c2cccc(NS(C)(=O)=O)c2)cc2c1C(=O)N(N(Cc1ccccc1)C1CCC1)C2. The highest BCUT2D eigenvalue weighted by atomic mass is 32.2. The topological polar surface area (TPSA) is 69.7 Å². The van der Waals surface area contributed by atoms with Crippen LogP contribution in [-0.4, -0.2) is 36.6 Å². The fourth-order valence-corrected chi connectivity index (χ4v) is 5.43. The summed E-state index contributed by atoms with van der Waals surface area (Å²) in [7, 11) is -3.36. The van der Waals surface area contributed by atoms with Gasteiger partial charge in [-0.25, -0.2) is 13.4 Å². The molecule has 5 rings (SSSR count). The third kappa shape index (κ3) is 4.58. The van der Waals surface area contributed by atoms with Crippen molar-refractivity contribution in [1.29, 1.82) is 0 Å². The van der Waals surface area contributed by atoms with Crippen molar-refractivity contribution in [2.75, 3.05) is 11.0 Å². The normalized spacial score (nSPS) is 16.0. The highest BCUT2D eigenvalue weighted by molar-refractivity contribution is 7.92. The van der Waals surface area contributed by atoms with Crippen molar-refractivity contribution in [3.05, 3.63) is 89.0 Å². The number of amides is 1. The standard InChI is InChI=1S/C27H29N3O3S/c1-19-14-22(21-10-6-11-24(16-21)28-34(2,32)33)15-23-18-30(27(31)26(19)23)29(25-12-7-13-25)17-20-8-4-3-5-9-20/h3-6,8-11,14-16,25,28H,7,12-13,17-18H2,1-2H3. The molecule has 0 saturated heterocycles. The summed E-state index contributed by atoms with van der Waals surface area (Å²) >= 11 is 0. The highest BCUT2D eigenvalue weighted by Gasteiger charge is 2.38. The van der Waals surface area contributed by atoms with Crippen LogP contribution in [0.25, 0.3) is 11.1 Å². The molecule has 176 valence electrons. The maximum atomic E-state index is 13.6. The van der Waals surface area contributed by atoms with Crippen LogP contribution in [0.2, 0.25) is 0 Å². The molecule has 6 nitrogen and oxygen atoms in total. The van der Waals surface area contributed by atoms with Gasteiger partial charge < -0.3 is 0 Å². The first-order valence-corrected chi connectivity index (χ1v) is 13.5. The van der Waals surface area contributed by atoms with Gasteiger partial charge in [0, 0.05) is 23.8 Å². The van der Waals surface area contributed by atoms with Gasteiger partial charge in [0.25, 0.3) is 5.91 Å². The summed E-state index contributed by atoms with van der Waals surface area (Å²) in [6.07, 6.45) is 4.56. The molecule has 1 heterocycles. The van der Waals surface area contributed by atoms with Crippen molar-refractivity contribution in [3.63, 3.8) is 0 Å². The number of carbonyl (C=O) groups is 1. The number of sulfonamides is 1. The fraction of sp³-hybridized carbons (Fsp3) is 0.296. The fourth-order valence-electron chi connectivity index (χ4n) is 4.87. The highest BCUT2D eigenvalue weighted by Crippen LogP contribution is 2.36. The van der Waals surface area contributed by atoms with E-state index in [1.54, 1.807) is 6.07 Å². The molecule has 1 fully saturated rings. The van der Waals surface area contributed by atoms with Gasteiger partial charge >= 0.3 is 0 Å². The van der Waals surface area contributed by atoms with Crippen molar-refractivity contribution in [2.24, 2.45) is 0 Å². The van der Waals surface area contributed by atoms with Crippen LogP contribution in [0.3, 0.4) is 0 Å². The number of nitrogens with one attached hydrogen (secondary N) is 1. The Hall–Kier alpha value is -3.16. The van der Waals surface area contributed by atoms with Crippen molar-refractivity contribution in [3.8, 4) is 11.1 Å². The first-order valence-electron chi connectivity index (χ1n) is 11.6. The van der Waals surface area contributed by atoms with Crippen molar-refractivity contribution in [2.45, 2.75) is 45.3 Å². The van der Waals surface area contributed by atoms with Gasteiger partial charge in [0.1, 0.15) is 0 Å². The molecule has 0 bridgehead atoms. The number of carbonyl (C=O) groups excluding carboxylic acids is 1. The number of anilines is 1. The Balaban J connectivity index is 1.45. The third-order valence-electron chi connectivity index (χ3n) is 6.68. The van der Waals surface area contributed by atoms with Gasteiger partial charge in [-0.1, -0.05) is 55.0 Å². The van der Waals surface area contributed by atoms with E-state index in [9.17, 15) is 13.2 Å². The molecular formula is C27H29N3O3S. The lowest BCUT2D eigenvalue weighted by Gasteiger charge is -2.42. The molecule has 0 unspecified atom stereocenters. The summed E-state index contributed by atoms with van der Waals surface area (Å²) in [6.45, 7) is 3.25. The molecule has 7 heteroatoms. The lowest BCUT2D eigenvalue weighted by atomic mass is 9.92. The van der Waals surface area contributed by atoms with E-state index in [1.165, 1.54) is 12.0 Å². The van der Waals surface area contributed by atoms with E-state index >= 15 is 0 Å². The second-order valence-electron chi connectivity index (χ2n) is 9.31. The minimum atomic E-state index is -3.36. The molecule has 0 aromatic heterocycles. The molecule has 3 aromatic rings. The molecule has 0 radical (unpaired) electrons. The van der Waals surface area contributed by atoms with E-state index in [2.05, 4.69) is 27.9 Å². The molecule has 0 spiro atoms. The largest absolute Gasteiger partial charge is 0.284 e. The Bertz CT molecular complexity index is 1330. The Kier molecular flexibility index (Phi) is 5.91. The van der Waals surface area contributed by atoms with E-state index < -0.39 is 10.0 Å². The number of hydrogen-bond acceptors (Lipinski definition) is 4. The second-order valence-corrected chi connectivity index (χ2v) is 11.1. The average Bonchev–Trinajstić information content (AvgIpc) is 3.08. The first-order chi connectivity index (χ1) is 16.3. The van der Waals surface area contributed by atoms with Crippen LogP contribution in [0.4, 0.5) is 5.69 Å². The van der Waals surface area contributed by atoms with Gasteiger partial charge in [0.05, 0.1) is 12.8 Å². The molecule has 1 N–H and O–H groups in total. The average molecular weight is 476 g/mol.